The Balaban J connectivity index is 2.18. The monoisotopic (exact) mass is 1240 g/mol. The molecule has 89 heavy (non-hydrogen) atoms. The predicted molar refractivity (Wildman–Crippen MR) is 382 cm³/mol. The lowest BCUT2D eigenvalue weighted by Gasteiger charge is -2.40. The van der Waals surface area contributed by atoms with Gasteiger partial charge in [0.1, 0.15) is 24.4 Å². The van der Waals surface area contributed by atoms with Crippen LogP contribution in [0.2, 0.25) is 0 Å². The fourth-order valence-corrected chi connectivity index (χ4v) is 10.8. The van der Waals surface area contributed by atoms with E-state index in [1.54, 1.807) is 0 Å². The van der Waals surface area contributed by atoms with Crippen molar-refractivity contribution in [2.24, 2.45) is 0 Å². The number of carbonyl (C=O) groups is 1. The second-order valence-electron chi connectivity index (χ2n) is 24.7. The Hall–Kier alpha value is -3.93. The highest BCUT2D eigenvalue weighted by molar-refractivity contribution is 5.76. The summed E-state index contributed by atoms with van der Waals surface area (Å²) < 4.78 is 11.3. The lowest BCUT2D eigenvalue weighted by atomic mass is 9.99. The molecule has 0 aliphatic carbocycles. The molecule has 0 aromatic heterocycles. The van der Waals surface area contributed by atoms with Gasteiger partial charge in [-0.3, -0.25) is 4.79 Å². The third-order valence-electron chi connectivity index (χ3n) is 16.5. The molecule has 0 aromatic carbocycles. The van der Waals surface area contributed by atoms with E-state index >= 15 is 0 Å². The number of hydrogen-bond acceptors (Lipinski definition) is 8. The molecule has 1 amide bonds. The number of unbranched alkanes of at least 4 members (excludes halogenated alkanes) is 28. The largest absolute Gasteiger partial charge is 0.394 e. The summed E-state index contributed by atoms with van der Waals surface area (Å²) in [7, 11) is 0. The van der Waals surface area contributed by atoms with Crippen molar-refractivity contribution in [3.8, 4) is 0 Å². The van der Waals surface area contributed by atoms with Gasteiger partial charge < -0.3 is 40.3 Å². The van der Waals surface area contributed by atoms with Crippen LogP contribution in [0.4, 0.5) is 0 Å². The van der Waals surface area contributed by atoms with Gasteiger partial charge in [-0.25, -0.2) is 0 Å². The van der Waals surface area contributed by atoms with Gasteiger partial charge in [0.05, 0.1) is 25.4 Å². The summed E-state index contributed by atoms with van der Waals surface area (Å²) in [5.74, 6) is -0.189. The maximum atomic E-state index is 13.1. The van der Waals surface area contributed by atoms with E-state index in [0.29, 0.717) is 19.3 Å². The molecule has 0 aromatic rings. The number of aliphatic hydroxyl groups is 5. The summed E-state index contributed by atoms with van der Waals surface area (Å²) in [5.41, 5.74) is 0. The number of carbonyl (C=O) groups excluding carboxylic acids is 1. The van der Waals surface area contributed by atoms with Crippen LogP contribution in [0.3, 0.4) is 0 Å². The molecular weight excluding hydrogens is 1100 g/mol. The first-order chi connectivity index (χ1) is 43.8. The maximum Gasteiger partial charge on any atom is 0.220 e. The Labute approximate surface area is 546 Å². The molecule has 7 unspecified atom stereocenters. The van der Waals surface area contributed by atoms with Crippen molar-refractivity contribution in [1.82, 2.24) is 5.32 Å². The molecule has 0 radical (unpaired) electrons. The predicted octanol–water partition coefficient (Wildman–Crippen LogP) is 20.5. The summed E-state index contributed by atoms with van der Waals surface area (Å²) in [6.45, 7) is 3.72. The van der Waals surface area contributed by atoms with Crippen molar-refractivity contribution in [3.63, 3.8) is 0 Å². The van der Waals surface area contributed by atoms with E-state index in [1.165, 1.54) is 154 Å². The minimum Gasteiger partial charge on any atom is -0.394 e. The van der Waals surface area contributed by atoms with Gasteiger partial charge in [0, 0.05) is 6.42 Å². The third kappa shape index (κ3) is 55.4. The number of ether oxygens (including phenoxy) is 2. The van der Waals surface area contributed by atoms with Crippen LogP contribution >= 0.6 is 0 Å². The van der Waals surface area contributed by atoms with Gasteiger partial charge in [0.2, 0.25) is 5.91 Å². The molecule has 0 saturated carbocycles. The van der Waals surface area contributed by atoms with Crippen LogP contribution in [0.25, 0.3) is 0 Å². The van der Waals surface area contributed by atoms with Gasteiger partial charge in [-0.1, -0.05) is 333 Å². The zero-order chi connectivity index (χ0) is 64.2. The number of allylic oxidation sites excluding steroid dienone is 24. The minimum absolute atomic E-state index is 0.164. The first-order valence-corrected chi connectivity index (χ1v) is 36.5. The Kier molecular flexibility index (Phi) is 62.5. The van der Waals surface area contributed by atoms with E-state index in [9.17, 15) is 30.3 Å². The molecular formula is C80H135NO8. The van der Waals surface area contributed by atoms with Crippen LogP contribution in [0, 0.1) is 0 Å². The van der Waals surface area contributed by atoms with Gasteiger partial charge in [0.25, 0.3) is 0 Å². The van der Waals surface area contributed by atoms with Crippen LogP contribution in [0.1, 0.15) is 296 Å². The standard InChI is InChI=1S/C80H135NO8/c1-3-5-7-9-11-13-15-17-19-21-23-25-27-29-31-32-33-34-35-36-37-38-39-40-41-42-44-46-48-50-52-54-56-58-60-62-64-66-68-70-76(84)81-73(72-88-80-79(87)78(86)77(85)75(71-82)89-80)74(83)69-67-65-63-61-59-57-55-53-51-49-47-45-43-30-28-26-24-22-20-18-16-14-12-10-8-6-4-2/h5,7,11,13,17,19,23,25,29,31,33-34,36-37,39-40,42,44,48,50,54,56,60,62,73-75,77-80,82-83,85-87H,3-4,6,8-10,12,14-16,18,20-22,24,26-28,30,32,35,38,41,43,45-47,49,51-53,55,57-59,61,63-72H2,1-2H3,(H,81,84)/b7-5-,13-11-,19-17-,25-23-,31-29-,34-33-,37-36-,40-39-,44-42-,50-48-,56-54-,62-60-. The van der Waals surface area contributed by atoms with Gasteiger partial charge in [-0.15, -0.1) is 0 Å². The molecule has 0 bridgehead atoms. The second kappa shape index (κ2) is 67.0. The van der Waals surface area contributed by atoms with Crippen LogP contribution in [0.15, 0.2) is 146 Å². The number of aliphatic hydroxyl groups excluding tert-OH is 5. The average molecular weight is 1240 g/mol. The third-order valence-corrected chi connectivity index (χ3v) is 16.5. The SMILES string of the molecule is CC/C=C\C/C=C\C/C=C\C/C=C\C/C=C\C/C=C\C/C=C\C/C=C\C/C=C\C/C=C\C/C=C\C/C=C\CCCCC(=O)NC(COC1OC(CO)C(O)C(O)C1O)C(O)CCCCCCCCCCCCCCCCCCCCCCCCCCCCC. The van der Waals surface area contributed by atoms with Gasteiger partial charge in [-0.05, 0) is 103 Å². The fourth-order valence-electron chi connectivity index (χ4n) is 10.8. The summed E-state index contributed by atoms with van der Waals surface area (Å²) in [6, 6.07) is -0.756. The van der Waals surface area contributed by atoms with Crippen molar-refractivity contribution in [2.75, 3.05) is 13.2 Å². The molecule has 1 heterocycles. The van der Waals surface area contributed by atoms with Crippen LogP contribution in [0.5, 0.6) is 0 Å². The molecule has 1 aliphatic heterocycles. The number of hydrogen-bond donors (Lipinski definition) is 6. The van der Waals surface area contributed by atoms with Crippen LogP contribution < -0.4 is 5.32 Å². The molecule has 7 atom stereocenters. The van der Waals surface area contributed by atoms with E-state index < -0.39 is 49.5 Å². The minimum atomic E-state index is -1.57. The highest BCUT2D eigenvalue weighted by atomic mass is 16.7. The van der Waals surface area contributed by atoms with Crippen molar-refractivity contribution in [3.05, 3.63) is 146 Å². The summed E-state index contributed by atoms with van der Waals surface area (Å²) >= 11 is 0. The summed E-state index contributed by atoms with van der Waals surface area (Å²) in [5, 5.41) is 54.9. The first kappa shape index (κ1) is 83.1. The molecule has 0 spiro atoms. The smallest absolute Gasteiger partial charge is 0.220 e. The zero-order valence-corrected chi connectivity index (χ0v) is 56.9. The van der Waals surface area contributed by atoms with Crippen molar-refractivity contribution in [1.29, 1.82) is 0 Å². The first-order valence-electron chi connectivity index (χ1n) is 36.5. The van der Waals surface area contributed by atoms with Gasteiger partial charge in [0.15, 0.2) is 6.29 Å². The molecule has 1 aliphatic rings. The second-order valence-corrected chi connectivity index (χ2v) is 24.7. The summed E-state index contributed by atoms with van der Waals surface area (Å²) in [6.07, 6.45) is 96.3. The van der Waals surface area contributed by atoms with Crippen molar-refractivity contribution in [2.45, 2.75) is 339 Å². The van der Waals surface area contributed by atoms with E-state index in [1.807, 2.05) is 0 Å². The lowest BCUT2D eigenvalue weighted by Crippen LogP contribution is -2.60. The Morgan fingerprint density at radius 2 is 0.697 bits per heavy atom. The van der Waals surface area contributed by atoms with Gasteiger partial charge in [-0.2, -0.15) is 0 Å². The molecule has 508 valence electrons. The normalized spacial score (nSPS) is 18.8. The Bertz CT molecular complexity index is 1920. The number of amides is 1. The summed E-state index contributed by atoms with van der Waals surface area (Å²) in [4.78, 5) is 13.1. The molecule has 6 N–H and O–H groups in total. The molecule has 1 rings (SSSR count). The maximum absolute atomic E-state index is 13.1. The highest BCUT2D eigenvalue weighted by Crippen LogP contribution is 2.23. The van der Waals surface area contributed by atoms with E-state index in [4.69, 9.17) is 9.47 Å². The average Bonchev–Trinajstić information content (AvgIpc) is 2.42. The van der Waals surface area contributed by atoms with Gasteiger partial charge >= 0.3 is 0 Å². The molecule has 1 saturated heterocycles. The highest BCUT2D eigenvalue weighted by Gasteiger charge is 2.44. The molecule has 1 fully saturated rings. The fraction of sp³-hybridized carbons (Fsp3) is 0.688. The van der Waals surface area contributed by atoms with Crippen molar-refractivity contribution < 1.29 is 39.8 Å². The lowest BCUT2D eigenvalue weighted by molar-refractivity contribution is -0.302. The van der Waals surface area contributed by atoms with E-state index in [0.717, 1.165) is 109 Å². The zero-order valence-electron chi connectivity index (χ0n) is 56.9. The number of rotatable bonds is 62. The number of nitrogens with one attached hydrogen (secondary N) is 1. The quantitative estimate of drug-likeness (QED) is 0.0261. The molecule has 9 heteroatoms. The molecule has 9 nitrogen and oxygen atoms in total. The van der Waals surface area contributed by atoms with E-state index in [2.05, 4.69) is 165 Å². The van der Waals surface area contributed by atoms with Crippen molar-refractivity contribution >= 4 is 5.91 Å². The Morgan fingerprint density at radius 3 is 1.01 bits per heavy atom. The topological polar surface area (TPSA) is 149 Å². The van der Waals surface area contributed by atoms with Crippen LogP contribution in [-0.2, 0) is 14.3 Å². The van der Waals surface area contributed by atoms with E-state index in [-0.39, 0.29) is 12.5 Å². The Morgan fingerprint density at radius 1 is 0.393 bits per heavy atom. The van der Waals surface area contributed by atoms with Crippen LogP contribution in [-0.4, -0.2) is 87.5 Å².